The second-order valence-corrected chi connectivity index (χ2v) is 8.77. The van der Waals surface area contributed by atoms with E-state index in [1.54, 1.807) is 27.8 Å². The van der Waals surface area contributed by atoms with Gasteiger partial charge in [-0.3, -0.25) is 0 Å². The summed E-state index contributed by atoms with van der Waals surface area (Å²) in [4.78, 5) is 4.90. The van der Waals surface area contributed by atoms with Crippen molar-refractivity contribution in [3.05, 3.63) is 29.6 Å². The van der Waals surface area contributed by atoms with Gasteiger partial charge < -0.3 is 5.32 Å². The number of thiazole rings is 1. The van der Waals surface area contributed by atoms with Gasteiger partial charge in [0.25, 0.3) is 0 Å². The molecule has 2 aromatic rings. The largest absolute Gasteiger partial charge is 0.359 e. The van der Waals surface area contributed by atoms with Gasteiger partial charge in [0.05, 0.1) is 10.6 Å². The molecule has 0 spiro atoms. The minimum Gasteiger partial charge on any atom is -0.359 e. The summed E-state index contributed by atoms with van der Waals surface area (Å²) in [6, 6.07) is 7.35. The third-order valence-electron chi connectivity index (χ3n) is 3.77. The SMILES string of the molecule is CC(C)Nc1nc(-c2ccc(S(=O)(=O)N3CCCC3)cc2)cs1. The van der Waals surface area contributed by atoms with Gasteiger partial charge in [0, 0.05) is 30.1 Å². The summed E-state index contributed by atoms with van der Waals surface area (Å²) in [6.45, 7) is 5.39. The van der Waals surface area contributed by atoms with Gasteiger partial charge >= 0.3 is 0 Å². The Morgan fingerprint density at radius 3 is 2.43 bits per heavy atom. The van der Waals surface area contributed by atoms with Crippen LogP contribution in [0.15, 0.2) is 34.5 Å². The van der Waals surface area contributed by atoms with Crippen molar-refractivity contribution in [2.75, 3.05) is 18.4 Å². The highest BCUT2D eigenvalue weighted by molar-refractivity contribution is 7.89. The number of aromatic nitrogens is 1. The molecule has 1 N–H and O–H groups in total. The first-order valence-electron chi connectivity index (χ1n) is 7.79. The van der Waals surface area contributed by atoms with Crippen molar-refractivity contribution >= 4 is 26.5 Å². The monoisotopic (exact) mass is 351 g/mol. The average Bonchev–Trinajstić information content (AvgIpc) is 3.18. The van der Waals surface area contributed by atoms with Gasteiger partial charge in [-0.25, -0.2) is 13.4 Å². The highest BCUT2D eigenvalue weighted by Gasteiger charge is 2.26. The molecule has 0 amide bonds. The molecule has 0 unspecified atom stereocenters. The predicted molar refractivity (Wildman–Crippen MR) is 94.3 cm³/mol. The Bertz CT molecular complexity index is 761. The molecule has 0 aliphatic carbocycles. The number of hydrogen-bond acceptors (Lipinski definition) is 5. The van der Waals surface area contributed by atoms with Crippen LogP contribution in [0.3, 0.4) is 0 Å². The van der Waals surface area contributed by atoms with Crippen LogP contribution in [0.5, 0.6) is 0 Å². The Morgan fingerprint density at radius 1 is 1.17 bits per heavy atom. The van der Waals surface area contributed by atoms with E-state index in [2.05, 4.69) is 24.1 Å². The third kappa shape index (κ3) is 3.57. The normalized spacial score (nSPS) is 16.1. The van der Waals surface area contributed by atoms with Crippen molar-refractivity contribution in [3.8, 4) is 11.3 Å². The lowest BCUT2D eigenvalue weighted by Gasteiger charge is -2.15. The smallest absolute Gasteiger partial charge is 0.243 e. The van der Waals surface area contributed by atoms with Gasteiger partial charge in [0.15, 0.2) is 5.13 Å². The Hall–Kier alpha value is -1.44. The van der Waals surface area contributed by atoms with Crippen LogP contribution in [0.25, 0.3) is 11.3 Å². The van der Waals surface area contributed by atoms with Crippen molar-refractivity contribution in [2.45, 2.75) is 37.6 Å². The molecule has 124 valence electrons. The lowest BCUT2D eigenvalue weighted by atomic mass is 10.2. The number of sulfonamides is 1. The van der Waals surface area contributed by atoms with Crippen LogP contribution < -0.4 is 5.32 Å². The van der Waals surface area contributed by atoms with Gasteiger partial charge in [-0.1, -0.05) is 12.1 Å². The van der Waals surface area contributed by atoms with E-state index in [-0.39, 0.29) is 0 Å². The topological polar surface area (TPSA) is 62.3 Å². The van der Waals surface area contributed by atoms with E-state index < -0.39 is 10.0 Å². The standard InChI is InChI=1S/C16H21N3O2S2/c1-12(2)17-16-18-15(11-22-16)13-5-7-14(8-6-13)23(20,21)19-9-3-4-10-19/h5-8,11-12H,3-4,9-10H2,1-2H3,(H,17,18). The molecule has 3 rings (SSSR count). The summed E-state index contributed by atoms with van der Waals surface area (Å²) in [5.41, 5.74) is 1.79. The molecule has 1 aliphatic rings. The maximum absolute atomic E-state index is 12.5. The fourth-order valence-electron chi connectivity index (χ4n) is 2.59. The average molecular weight is 351 g/mol. The van der Waals surface area contributed by atoms with Gasteiger partial charge in [0.2, 0.25) is 10.0 Å². The second kappa shape index (κ2) is 6.59. The van der Waals surface area contributed by atoms with E-state index in [1.165, 1.54) is 0 Å². The zero-order valence-corrected chi connectivity index (χ0v) is 15.0. The maximum atomic E-state index is 12.5. The molecule has 1 aromatic carbocycles. The molecule has 1 fully saturated rings. The van der Waals surface area contributed by atoms with Crippen molar-refractivity contribution in [1.82, 2.24) is 9.29 Å². The van der Waals surface area contributed by atoms with E-state index >= 15 is 0 Å². The van der Waals surface area contributed by atoms with Crippen molar-refractivity contribution < 1.29 is 8.42 Å². The van der Waals surface area contributed by atoms with Crippen LogP contribution >= 0.6 is 11.3 Å². The van der Waals surface area contributed by atoms with Gasteiger partial charge in [-0.05, 0) is 38.8 Å². The third-order valence-corrected chi connectivity index (χ3v) is 6.46. The Labute approximate surface area is 141 Å². The van der Waals surface area contributed by atoms with Crippen LogP contribution in [-0.2, 0) is 10.0 Å². The highest BCUT2D eigenvalue weighted by Crippen LogP contribution is 2.27. The minimum atomic E-state index is -3.35. The van der Waals surface area contributed by atoms with E-state index in [9.17, 15) is 8.42 Å². The predicted octanol–water partition coefficient (Wildman–Crippen LogP) is 3.41. The second-order valence-electron chi connectivity index (χ2n) is 5.97. The van der Waals surface area contributed by atoms with Crippen LogP contribution in [0, 0.1) is 0 Å². The van der Waals surface area contributed by atoms with Gasteiger partial charge in [0.1, 0.15) is 0 Å². The first kappa shape index (κ1) is 16.4. The summed E-state index contributed by atoms with van der Waals surface area (Å²) >= 11 is 1.55. The van der Waals surface area contributed by atoms with Crippen LogP contribution in [0.2, 0.25) is 0 Å². The number of rotatable bonds is 5. The highest BCUT2D eigenvalue weighted by atomic mass is 32.2. The van der Waals surface area contributed by atoms with E-state index in [4.69, 9.17) is 0 Å². The minimum absolute atomic E-state index is 0.335. The molecular weight excluding hydrogens is 330 g/mol. The number of nitrogens with one attached hydrogen (secondary N) is 1. The summed E-state index contributed by atoms with van der Waals surface area (Å²) in [6.07, 6.45) is 1.89. The molecule has 2 heterocycles. The lowest BCUT2D eigenvalue weighted by Crippen LogP contribution is -2.27. The lowest BCUT2D eigenvalue weighted by molar-refractivity contribution is 0.477. The molecule has 1 saturated heterocycles. The number of nitrogens with zero attached hydrogens (tertiary/aromatic N) is 2. The molecular formula is C16H21N3O2S2. The molecule has 1 aliphatic heterocycles. The Kier molecular flexibility index (Phi) is 4.70. The molecule has 0 atom stereocenters. The maximum Gasteiger partial charge on any atom is 0.243 e. The van der Waals surface area contributed by atoms with Crippen molar-refractivity contribution in [3.63, 3.8) is 0 Å². The summed E-state index contributed by atoms with van der Waals surface area (Å²) < 4.78 is 26.6. The fraction of sp³-hybridized carbons (Fsp3) is 0.438. The van der Waals surface area contributed by atoms with Crippen LogP contribution in [-0.4, -0.2) is 36.8 Å². The zero-order valence-electron chi connectivity index (χ0n) is 13.3. The van der Waals surface area contributed by atoms with Crippen LogP contribution in [0.1, 0.15) is 26.7 Å². The van der Waals surface area contributed by atoms with Crippen LogP contribution in [0.4, 0.5) is 5.13 Å². The zero-order chi connectivity index (χ0) is 16.4. The summed E-state index contributed by atoms with van der Waals surface area (Å²) in [7, 11) is -3.35. The Balaban J connectivity index is 1.80. The van der Waals surface area contributed by atoms with E-state index in [0.717, 1.165) is 29.2 Å². The summed E-state index contributed by atoms with van der Waals surface area (Å²) in [5, 5.41) is 6.13. The Morgan fingerprint density at radius 2 is 1.83 bits per heavy atom. The molecule has 0 radical (unpaired) electrons. The van der Waals surface area contributed by atoms with E-state index in [0.29, 0.717) is 24.0 Å². The van der Waals surface area contributed by atoms with Crippen molar-refractivity contribution in [2.24, 2.45) is 0 Å². The van der Waals surface area contributed by atoms with Crippen molar-refractivity contribution in [1.29, 1.82) is 0 Å². The first-order valence-corrected chi connectivity index (χ1v) is 10.1. The van der Waals surface area contributed by atoms with E-state index in [1.807, 2.05) is 17.5 Å². The molecule has 0 saturated carbocycles. The number of anilines is 1. The van der Waals surface area contributed by atoms with Gasteiger partial charge in [-0.15, -0.1) is 11.3 Å². The molecule has 23 heavy (non-hydrogen) atoms. The molecule has 0 bridgehead atoms. The quantitative estimate of drug-likeness (QED) is 0.897. The molecule has 7 heteroatoms. The fourth-order valence-corrected chi connectivity index (χ4v) is 4.98. The summed E-state index contributed by atoms with van der Waals surface area (Å²) in [5.74, 6) is 0. The first-order chi connectivity index (χ1) is 11.0. The number of hydrogen-bond donors (Lipinski definition) is 1. The van der Waals surface area contributed by atoms with Gasteiger partial charge in [-0.2, -0.15) is 4.31 Å². The molecule has 1 aromatic heterocycles. The molecule has 5 nitrogen and oxygen atoms in total. The number of benzene rings is 1.